The molecule has 3 rings (SSSR count). The molecule has 1 aromatic rings. The Bertz CT molecular complexity index is 571. The van der Waals surface area contributed by atoms with Gasteiger partial charge in [-0.1, -0.05) is 12.5 Å². The van der Waals surface area contributed by atoms with Gasteiger partial charge in [0.2, 0.25) is 0 Å². The summed E-state index contributed by atoms with van der Waals surface area (Å²) in [4.78, 5) is 23.5. The summed E-state index contributed by atoms with van der Waals surface area (Å²) in [5, 5.41) is 15.4. The van der Waals surface area contributed by atoms with E-state index in [9.17, 15) is 9.59 Å². The molecule has 5 nitrogen and oxygen atoms in total. The zero-order chi connectivity index (χ0) is 14.8. The molecule has 1 amide bonds. The molecule has 0 aromatic heterocycles. The first-order chi connectivity index (χ1) is 10.1. The molecule has 1 fully saturated rings. The Morgan fingerprint density at radius 2 is 2.10 bits per heavy atom. The number of carbonyl (C=O) groups excluding carboxylic acids is 1. The van der Waals surface area contributed by atoms with E-state index < -0.39 is 11.9 Å². The second kappa shape index (κ2) is 5.85. The van der Waals surface area contributed by atoms with E-state index in [1.807, 2.05) is 18.2 Å². The van der Waals surface area contributed by atoms with Gasteiger partial charge in [0.05, 0.1) is 5.92 Å². The standard InChI is InChI=1S/C16H20N2O3/c19-15(18-14-3-1-2-13(14)16(20)21)11-5-4-10-6-7-17-9-12(10)8-11/h4-5,8,13-14,17H,1-3,6-7,9H2,(H,18,19)(H,20,21). The topological polar surface area (TPSA) is 78.4 Å². The van der Waals surface area contributed by atoms with Crippen LogP contribution in [0, 0.1) is 5.92 Å². The first-order valence-corrected chi connectivity index (χ1v) is 7.51. The van der Waals surface area contributed by atoms with Gasteiger partial charge in [0.25, 0.3) is 5.91 Å². The molecule has 1 saturated carbocycles. The Morgan fingerprint density at radius 3 is 2.90 bits per heavy atom. The zero-order valence-electron chi connectivity index (χ0n) is 11.9. The molecule has 1 aliphatic heterocycles. The molecule has 112 valence electrons. The Kier molecular flexibility index (Phi) is 3.92. The van der Waals surface area contributed by atoms with Crippen LogP contribution in [0.25, 0.3) is 0 Å². The number of hydrogen-bond acceptors (Lipinski definition) is 3. The number of aliphatic carboxylic acids is 1. The lowest BCUT2D eigenvalue weighted by Crippen LogP contribution is -2.40. The monoisotopic (exact) mass is 288 g/mol. The Morgan fingerprint density at radius 1 is 1.24 bits per heavy atom. The van der Waals surface area contributed by atoms with E-state index in [1.165, 1.54) is 5.56 Å². The maximum atomic E-state index is 12.3. The van der Waals surface area contributed by atoms with Crippen molar-refractivity contribution in [3.05, 3.63) is 34.9 Å². The fourth-order valence-corrected chi connectivity index (χ4v) is 3.30. The quantitative estimate of drug-likeness (QED) is 0.784. The van der Waals surface area contributed by atoms with Crippen LogP contribution in [0.1, 0.15) is 40.7 Å². The normalized spacial score (nSPS) is 24.4. The molecule has 0 spiro atoms. The maximum Gasteiger partial charge on any atom is 0.308 e. The summed E-state index contributed by atoms with van der Waals surface area (Å²) in [5.41, 5.74) is 3.07. The molecule has 1 aliphatic carbocycles. The number of benzene rings is 1. The fourth-order valence-electron chi connectivity index (χ4n) is 3.30. The molecular weight excluding hydrogens is 268 g/mol. The molecular formula is C16H20N2O3. The van der Waals surface area contributed by atoms with Crippen LogP contribution in [0.4, 0.5) is 0 Å². The van der Waals surface area contributed by atoms with Crippen LogP contribution in [0.15, 0.2) is 18.2 Å². The fraction of sp³-hybridized carbons (Fsp3) is 0.500. The van der Waals surface area contributed by atoms with Crippen molar-refractivity contribution in [2.24, 2.45) is 5.92 Å². The van der Waals surface area contributed by atoms with E-state index >= 15 is 0 Å². The highest BCUT2D eigenvalue weighted by Gasteiger charge is 2.34. The van der Waals surface area contributed by atoms with E-state index in [-0.39, 0.29) is 11.9 Å². The van der Waals surface area contributed by atoms with E-state index in [0.717, 1.165) is 37.9 Å². The molecule has 5 heteroatoms. The van der Waals surface area contributed by atoms with Gasteiger partial charge in [0, 0.05) is 18.2 Å². The number of fused-ring (bicyclic) bond motifs is 1. The van der Waals surface area contributed by atoms with Crippen molar-refractivity contribution in [1.29, 1.82) is 0 Å². The average Bonchev–Trinajstić information content (AvgIpc) is 2.95. The minimum absolute atomic E-state index is 0.165. The third-order valence-corrected chi connectivity index (χ3v) is 4.50. The van der Waals surface area contributed by atoms with Crippen molar-refractivity contribution < 1.29 is 14.7 Å². The van der Waals surface area contributed by atoms with Crippen molar-refractivity contribution in [1.82, 2.24) is 10.6 Å². The van der Waals surface area contributed by atoms with E-state index in [4.69, 9.17) is 5.11 Å². The Balaban J connectivity index is 1.72. The molecule has 2 aliphatic rings. The first kappa shape index (κ1) is 14.1. The summed E-state index contributed by atoms with van der Waals surface area (Å²) in [6.45, 7) is 1.76. The van der Waals surface area contributed by atoms with E-state index in [2.05, 4.69) is 10.6 Å². The lowest BCUT2D eigenvalue weighted by Gasteiger charge is -2.20. The molecule has 0 saturated heterocycles. The van der Waals surface area contributed by atoms with Gasteiger partial charge in [-0.05, 0) is 49.1 Å². The number of carboxylic acid groups (broad SMARTS) is 1. The highest BCUT2D eigenvalue weighted by atomic mass is 16.4. The number of hydrogen-bond donors (Lipinski definition) is 3. The minimum Gasteiger partial charge on any atom is -0.481 e. The first-order valence-electron chi connectivity index (χ1n) is 7.51. The van der Waals surface area contributed by atoms with Crippen molar-refractivity contribution in [3.8, 4) is 0 Å². The molecule has 21 heavy (non-hydrogen) atoms. The molecule has 0 radical (unpaired) electrons. The van der Waals surface area contributed by atoms with Crippen molar-refractivity contribution >= 4 is 11.9 Å². The number of amides is 1. The summed E-state index contributed by atoms with van der Waals surface area (Å²) in [7, 11) is 0. The maximum absolute atomic E-state index is 12.3. The number of rotatable bonds is 3. The molecule has 3 N–H and O–H groups in total. The van der Waals surface area contributed by atoms with Crippen molar-refractivity contribution in [2.45, 2.75) is 38.3 Å². The van der Waals surface area contributed by atoms with Gasteiger partial charge in [0.1, 0.15) is 0 Å². The Hall–Kier alpha value is -1.88. The number of carbonyl (C=O) groups is 2. The summed E-state index contributed by atoms with van der Waals surface area (Å²) < 4.78 is 0. The largest absolute Gasteiger partial charge is 0.481 e. The van der Waals surface area contributed by atoms with Crippen LogP contribution >= 0.6 is 0 Å². The van der Waals surface area contributed by atoms with Crippen LogP contribution in [0.2, 0.25) is 0 Å². The van der Waals surface area contributed by atoms with Gasteiger partial charge < -0.3 is 15.7 Å². The summed E-state index contributed by atoms with van der Waals surface area (Å²) in [5.74, 6) is -1.43. The van der Waals surface area contributed by atoms with Crippen LogP contribution in [0.3, 0.4) is 0 Å². The lowest BCUT2D eigenvalue weighted by molar-refractivity contribution is -0.142. The van der Waals surface area contributed by atoms with Gasteiger partial charge in [-0.25, -0.2) is 0 Å². The van der Waals surface area contributed by atoms with Gasteiger partial charge in [-0.3, -0.25) is 9.59 Å². The zero-order valence-corrected chi connectivity index (χ0v) is 11.9. The van der Waals surface area contributed by atoms with Gasteiger partial charge >= 0.3 is 5.97 Å². The second-order valence-corrected chi connectivity index (χ2v) is 5.87. The average molecular weight is 288 g/mol. The predicted octanol–water partition coefficient (Wildman–Crippen LogP) is 1.32. The highest BCUT2D eigenvalue weighted by Crippen LogP contribution is 2.26. The van der Waals surface area contributed by atoms with Crippen LogP contribution in [0.5, 0.6) is 0 Å². The van der Waals surface area contributed by atoms with Crippen LogP contribution in [-0.4, -0.2) is 29.6 Å². The number of nitrogens with one attached hydrogen (secondary N) is 2. The number of carboxylic acids is 1. The molecule has 1 heterocycles. The SMILES string of the molecule is O=C(NC1CCCC1C(=O)O)c1ccc2c(c1)CNCC2. The smallest absolute Gasteiger partial charge is 0.308 e. The Labute approximate surface area is 123 Å². The second-order valence-electron chi connectivity index (χ2n) is 5.87. The summed E-state index contributed by atoms with van der Waals surface area (Å²) in [6, 6.07) is 5.52. The lowest BCUT2D eigenvalue weighted by atomic mass is 9.98. The predicted molar refractivity (Wildman–Crippen MR) is 78.1 cm³/mol. The molecule has 2 atom stereocenters. The highest BCUT2D eigenvalue weighted by molar-refractivity contribution is 5.95. The molecule has 2 unspecified atom stereocenters. The van der Waals surface area contributed by atoms with Gasteiger partial charge in [-0.15, -0.1) is 0 Å². The van der Waals surface area contributed by atoms with Gasteiger partial charge in [0.15, 0.2) is 0 Å². The van der Waals surface area contributed by atoms with E-state index in [1.54, 1.807) is 0 Å². The van der Waals surface area contributed by atoms with Gasteiger partial charge in [-0.2, -0.15) is 0 Å². The third-order valence-electron chi connectivity index (χ3n) is 4.50. The van der Waals surface area contributed by atoms with Crippen LogP contribution in [-0.2, 0) is 17.8 Å². The van der Waals surface area contributed by atoms with E-state index in [0.29, 0.717) is 12.0 Å². The third kappa shape index (κ3) is 2.93. The summed E-state index contributed by atoms with van der Waals surface area (Å²) in [6.07, 6.45) is 3.24. The van der Waals surface area contributed by atoms with Crippen molar-refractivity contribution in [2.75, 3.05) is 6.54 Å². The minimum atomic E-state index is -0.813. The van der Waals surface area contributed by atoms with Crippen molar-refractivity contribution in [3.63, 3.8) is 0 Å². The van der Waals surface area contributed by atoms with Crippen LogP contribution < -0.4 is 10.6 Å². The summed E-state index contributed by atoms with van der Waals surface area (Å²) >= 11 is 0. The molecule has 0 bridgehead atoms. The molecule has 1 aromatic carbocycles.